The fourth-order valence-electron chi connectivity index (χ4n) is 9.55. The van der Waals surface area contributed by atoms with Gasteiger partial charge in [0.2, 0.25) is 0 Å². The van der Waals surface area contributed by atoms with E-state index in [-0.39, 0.29) is 16.2 Å². The molecule has 11 nitrogen and oxygen atoms in total. The van der Waals surface area contributed by atoms with Gasteiger partial charge in [0.25, 0.3) is 0 Å². The van der Waals surface area contributed by atoms with Gasteiger partial charge < -0.3 is 0 Å². The molecule has 0 N–H and O–H groups in total. The third-order valence-electron chi connectivity index (χ3n) is 15.7. The second-order valence-electron chi connectivity index (χ2n) is 27.5. The zero-order chi connectivity index (χ0) is 71.0. The number of rotatable bonds is 5. The van der Waals surface area contributed by atoms with Crippen molar-refractivity contribution in [2.45, 2.75) is 169 Å². The molecule has 0 aliphatic heterocycles. The molecule has 0 atom stereocenters. The SMILES string of the molecule is Cc1cc(-c2ccccc2)nc(-c2ccccc2)c1.Cc1cccc(-c2cccc(C)n2)c1.Cc1cnc(C)c(C)n1.Cc1cncc(-c2ccccc2)c1C.Cc1nc(C(C)(C)C)nc(C(C)(C)C)n1.Cc1nc(C(C)(C)C)nc(C)c1C.Cc1ncccc1-c1ccccc1. The zero-order valence-electron chi connectivity index (χ0n) is 61.6. The fraction of sp³-hybridized carbons (Fsp3) is 0.291. The Morgan fingerprint density at radius 2 is 0.732 bits per heavy atom. The third-order valence-corrected chi connectivity index (χ3v) is 15.7. The monoisotopic (exact) mass is 1290 g/mol. The average Bonchev–Trinajstić information content (AvgIpc) is 0.842. The van der Waals surface area contributed by atoms with Gasteiger partial charge in [-0.1, -0.05) is 220 Å². The minimum absolute atomic E-state index is 0.0201. The van der Waals surface area contributed by atoms with Crippen molar-refractivity contribution in [1.82, 2.24) is 54.8 Å². The van der Waals surface area contributed by atoms with Crippen molar-refractivity contribution in [2.24, 2.45) is 0 Å². The first-order valence-corrected chi connectivity index (χ1v) is 33.2. The van der Waals surface area contributed by atoms with Gasteiger partial charge in [0, 0.05) is 91.6 Å². The van der Waals surface area contributed by atoms with E-state index in [4.69, 9.17) is 4.98 Å². The lowest BCUT2D eigenvalue weighted by molar-refractivity contribution is 0.491. The maximum absolute atomic E-state index is 4.77. The third kappa shape index (κ3) is 24.2. The normalized spacial score (nSPS) is 10.8. The summed E-state index contributed by atoms with van der Waals surface area (Å²) in [4.78, 5) is 48.4. The van der Waals surface area contributed by atoms with Gasteiger partial charge in [-0.15, -0.1) is 0 Å². The van der Waals surface area contributed by atoms with Crippen molar-refractivity contribution in [1.29, 1.82) is 0 Å². The smallest absolute Gasteiger partial charge is 0.137 e. The van der Waals surface area contributed by atoms with Crippen molar-refractivity contribution in [2.75, 3.05) is 0 Å². The molecule has 0 saturated heterocycles. The molecule has 500 valence electrons. The first kappa shape index (κ1) is 75.9. The Labute approximate surface area is 580 Å². The van der Waals surface area contributed by atoms with Gasteiger partial charge >= 0.3 is 0 Å². The van der Waals surface area contributed by atoms with Crippen LogP contribution in [0.1, 0.15) is 153 Å². The molecule has 0 radical (unpaired) electrons. The first-order valence-electron chi connectivity index (χ1n) is 33.2. The van der Waals surface area contributed by atoms with Crippen LogP contribution in [0.3, 0.4) is 0 Å². The minimum atomic E-state index is -0.0201. The first-order chi connectivity index (χ1) is 45.9. The number of nitrogens with zero attached hydrogens (tertiary/aromatic N) is 11. The van der Waals surface area contributed by atoms with Crippen LogP contribution in [-0.4, -0.2) is 54.8 Å². The molecule has 5 aromatic carbocycles. The van der Waals surface area contributed by atoms with E-state index in [0.717, 1.165) is 91.4 Å². The molecule has 97 heavy (non-hydrogen) atoms. The molecule has 0 amide bonds. The standard InChI is InChI=1S/C18H15N.2C13H13N.C12H21N3.C12H11N.C11H18N2.C7H10N2/c1-14-12-17(15-8-4-2-5-9-15)19-18(13-14)16-10-6-3-7-11-16;1-10-5-3-7-12(9-10)13-8-4-6-11(2)14-13;1-10-8-14-9-13(11(10)2)12-6-4-3-5-7-12;1-8-13-9(11(2,3)4)15-10(14-8)12(5,6)7;1-10-12(8-5-9-13-10)11-6-3-2-4-7-11;1-7-8(2)12-10(11(4,5)6)13-9(7)3;1-5-4-8-6(2)7(3)9-5/h2-13H,1H3;2*3-9H,1-2H3;1-7H3;2-9H,1H3;1-6H3;4H,1-3H3. The summed E-state index contributed by atoms with van der Waals surface area (Å²) in [5.74, 6) is 3.49. The van der Waals surface area contributed by atoms with E-state index < -0.39 is 0 Å². The summed E-state index contributed by atoms with van der Waals surface area (Å²) < 4.78 is 0. The summed E-state index contributed by atoms with van der Waals surface area (Å²) in [5.41, 5.74) is 25.1. The Morgan fingerprint density at radius 3 is 1.19 bits per heavy atom. The summed E-state index contributed by atoms with van der Waals surface area (Å²) in [6.45, 7) is 45.5. The van der Waals surface area contributed by atoms with Crippen LogP contribution >= 0.6 is 0 Å². The Bertz CT molecular complexity index is 4260. The van der Waals surface area contributed by atoms with Gasteiger partial charge in [-0.2, -0.15) is 0 Å². The van der Waals surface area contributed by atoms with Crippen LogP contribution < -0.4 is 0 Å². The molecule has 12 rings (SSSR count). The second-order valence-corrected chi connectivity index (χ2v) is 27.5. The van der Waals surface area contributed by atoms with Gasteiger partial charge in [-0.05, 0) is 160 Å². The minimum Gasteiger partial charge on any atom is -0.264 e. The molecule has 7 aromatic heterocycles. The molecule has 0 bridgehead atoms. The van der Waals surface area contributed by atoms with E-state index in [2.05, 4.69) is 250 Å². The van der Waals surface area contributed by atoms with Gasteiger partial charge in [-0.25, -0.2) is 29.9 Å². The van der Waals surface area contributed by atoms with Crippen molar-refractivity contribution in [3.8, 4) is 56.0 Å². The highest BCUT2D eigenvalue weighted by Gasteiger charge is 2.24. The number of pyridine rings is 4. The predicted octanol–water partition coefficient (Wildman–Crippen LogP) is 21.4. The average molecular weight is 1290 g/mol. The van der Waals surface area contributed by atoms with Gasteiger partial charge in [-0.3, -0.25) is 24.9 Å². The topological polar surface area (TPSA) is 142 Å². The van der Waals surface area contributed by atoms with Crippen LogP contribution in [0, 0.1) is 90.0 Å². The quantitative estimate of drug-likeness (QED) is 0.163. The largest absolute Gasteiger partial charge is 0.264 e. The predicted molar refractivity (Wildman–Crippen MR) is 406 cm³/mol. The molecular formula is C86H101N11. The van der Waals surface area contributed by atoms with E-state index in [1.54, 1.807) is 6.20 Å². The highest BCUT2D eigenvalue weighted by molar-refractivity contribution is 5.69. The summed E-state index contributed by atoms with van der Waals surface area (Å²) in [6.07, 6.45) is 7.43. The second kappa shape index (κ2) is 35.6. The molecular weight excluding hydrogens is 1190 g/mol. The Hall–Kier alpha value is -10.1. The molecule has 0 aliphatic rings. The molecule has 0 aliphatic carbocycles. The van der Waals surface area contributed by atoms with Crippen LogP contribution in [0.2, 0.25) is 0 Å². The lowest BCUT2D eigenvalue weighted by atomic mass is 9.93. The van der Waals surface area contributed by atoms with Gasteiger partial charge in [0.15, 0.2) is 0 Å². The van der Waals surface area contributed by atoms with Crippen LogP contribution in [0.25, 0.3) is 56.0 Å². The molecule has 12 aromatic rings. The van der Waals surface area contributed by atoms with Crippen molar-refractivity contribution in [3.05, 3.63) is 304 Å². The summed E-state index contributed by atoms with van der Waals surface area (Å²) in [5, 5.41) is 0. The Morgan fingerprint density at radius 1 is 0.268 bits per heavy atom. The lowest BCUT2D eigenvalue weighted by Crippen LogP contribution is -2.24. The van der Waals surface area contributed by atoms with E-state index in [9.17, 15) is 0 Å². The Balaban J connectivity index is 0.000000180. The molecule has 0 unspecified atom stereocenters. The van der Waals surface area contributed by atoms with E-state index >= 15 is 0 Å². The molecule has 7 heterocycles. The Kier molecular flexibility index (Phi) is 27.8. The summed E-state index contributed by atoms with van der Waals surface area (Å²) in [7, 11) is 0. The number of hydrogen-bond donors (Lipinski definition) is 0. The summed E-state index contributed by atoms with van der Waals surface area (Å²) in [6, 6.07) is 64.1. The van der Waals surface area contributed by atoms with Crippen molar-refractivity contribution < 1.29 is 0 Å². The lowest BCUT2D eigenvalue weighted by Gasteiger charge is -2.22. The van der Waals surface area contributed by atoms with E-state index in [0.29, 0.717) is 0 Å². The van der Waals surface area contributed by atoms with Gasteiger partial charge in [0.1, 0.15) is 23.3 Å². The highest BCUT2D eigenvalue weighted by Crippen LogP contribution is 2.28. The van der Waals surface area contributed by atoms with Crippen molar-refractivity contribution >= 4 is 0 Å². The number of aromatic nitrogens is 11. The maximum atomic E-state index is 4.77. The van der Waals surface area contributed by atoms with E-state index in [1.165, 1.54) is 55.6 Å². The van der Waals surface area contributed by atoms with Gasteiger partial charge in [0.05, 0.1) is 34.2 Å². The summed E-state index contributed by atoms with van der Waals surface area (Å²) >= 11 is 0. The number of hydrogen-bond acceptors (Lipinski definition) is 11. The maximum Gasteiger partial charge on any atom is 0.137 e. The van der Waals surface area contributed by atoms with Crippen LogP contribution in [-0.2, 0) is 16.2 Å². The zero-order valence-corrected chi connectivity index (χ0v) is 61.6. The molecule has 0 saturated carbocycles. The van der Waals surface area contributed by atoms with E-state index in [1.807, 2.05) is 159 Å². The molecule has 0 fully saturated rings. The van der Waals surface area contributed by atoms with Crippen LogP contribution in [0.15, 0.2) is 213 Å². The molecule has 0 spiro atoms. The van der Waals surface area contributed by atoms with Crippen molar-refractivity contribution in [3.63, 3.8) is 0 Å². The number of benzene rings is 5. The molecule has 11 heteroatoms. The highest BCUT2D eigenvalue weighted by atomic mass is 15.0. The fourth-order valence-corrected chi connectivity index (χ4v) is 9.55. The number of aryl methyl sites for hydroxylation is 11. The van der Waals surface area contributed by atoms with Crippen LogP contribution in [0.5, 0.6) is 0 Å². The van der Waals surface area contributed by atoms with Crippen LogP contribution in [0.4, 0.5) is 0 Å².